The van der Waals surface area contributed by atoms with Gasteiger partial charge >= 0.3 is 5.97 Å². The van der Waals surface area contributed by atoms with E-state index in [1.165, 1.54) is 4.90 Å². The van der Waals surface area contributed by atoms with Gasteiger partial charge in [0.2, 0.25) is 5.95 Å². The summed E-state index contributed by atoms with van der Waals surface area (Å²) in [5.41, 5.74) is 1.77. The molecule has 1 amide bonds. The molecule has 4 heterocycles. The molecule has 1 unspecified atom stereocenters. The quantitative estimate of drug-likeness (QED) is 0.532. The van der Waals surface area contributed by atoms with Crippen LogP contribution in [-0.2, 0) is 26.7 Å². The lowest BCUT2D eigenvalue weighted by molar-refractivity contribution is 0.0231. The number of amides is 1. The number of nitrogens with zero attached hydrogens (tertiary/aromatic N) is 5. The van der Waals surface area contributed by atoms with Crippen molar-refractivity contribution in [2.45, 2.75) is 36.3 Å². The number of esters is 1. The molecule has 3 aliphatic heterocycles. The van der Waals surface area contributed by atoms with E-state index in [4.69, 9.17) is 19.4 Å². The highest BCUT2D eigenvalue weighted by Crippen LogP contribution is 2.34. The number of hydrogen-bond donors (Lipinski definition) is 0. The van der Waals surface area contributed by atoms with Crippen molar-refractivity contribution in [1.29, 1.82) is 0 Å². The summed E-state index contributed by atoms with van der Waals surface area (Å²) in [6.07, 6.45) is 2.21. The number of rotatable bonds is 6. The number of hydrogen-bond acceptors (Lipinski definition) is 9. The smallest absolute Gasteiger partial charge is 0.338 e. The second-order valence-corrected chi connectivity index (χ2v) is 11.1. The molecule has 0 bridgehead atoms. The second kappa shape index (κ2) is 10.1. The molecule has 1 aromatic heterocycles. The van der Waals surface area contributed by atoms with Crippen LogP contribution in [0.4, 0.5) is 11.8 Å². The maximum Gasteiger partial charge on any atom is 0.338 e. The molecular formula is C25H31N5O5S. The Morgan fingerprint density at radius 3 is 2.39 bits per heavy atom. The van der Waals surface area contributed by atoms with Gasteiger partial charge < -0.3 is 24.2 Å². The summed E-state index contributed by atoms with van der Waals surface area (Å²) in [5, 5.41) is 0. The molecule has 0 spiro atoms. The van der Waals surface area contributed by atoms with Gasteiger partial charge in [-0.1, -0.05) is 0 Å². The topological polar surface area (TPSA) is 105 Å². The molecular weight excluding hydrogens is 482 g/mol. The summed E-state index contributed by atoms with van der Waals surface area (Å²) in [4.78, 5) is 40.6. The zero-order valence-corrected chi connectivity index (χ0v) is 21.6. The summed E-state index contributed by atoms with van der Waals surface area (Å²) >= 11 is 0. The lowest BCUT2D eigenvalue weighted by Crippen LogP contribution is -2.54. The van der Waals surface area contributed by atoms with Crippen LogP contribution in [0.2, 0.25) is 0 Å². The Morgan fingerprint density at radius 1 is 1.06 bits per heavy atom. The molecule has 5 rings (SSSR count). The number of carbonyl (C=O) groups is 2. The van der Waals surface area contributed by atoms with Crippen molar-refractivity contribution in [1.82, 2.24) is 14.9 Å². The predicted molar refractivity (Wildman–Crippen MR) is 135 cm³/mol. The van der Waals surface area contributed by atoms with Crippen molar-refractivity contribution >= 4 is 34.4 Å². The van der Waals surface area contributed by atoms with Gasteiger partial charge in [-0.25, -0.2) is 9.78 Å². The van der Waals surface area contributed by atoms with Crippen LogP contribution in [0.1, 0.15) is 39.3 Å². The first-order valence-corrected chi connectivity index (χ1v) is 13.5. The van der Waals surface area contributed by atoms with E-state index in [0.29, 0.717) is 55.6 Å². The fourth-order valence-electron chi connectivity index (χ4n) is 4.69. The number of carbonyl (C=O) groups excluding carboxylic acids is 2. The van der Waals surface area contributed by atoms with Gasteiger partial charge in [-0.3, -0.25) is 9.00 Å². The third kappa shape index (κ3) is 4.81. The highest BCUT2D eigenvalue weighted by atomic mass is 32.2. The van der Waals surface area contributed by atoms with E-state index in [9.17, 15) is 13.8 Å². The number of fused-ring (bicyclic) bond motifs is 1. The fraction of sp³-hybridized carbons (Fsp3) is 0.520. The molecule has 2 saturated heterocycles. The molecule has 10 nitrogen and oxygen atoms in total. The molecule has 2 fully saturated rings. The van der Waals surface area contributed by atoms with Gasteiger partial charge in [0.25, 0.3) is 5.91 Å². The summed E-state index contributed by atoms with van der Waals surface area (Å²) < 4.78 is 23.9. The number of ether oxygens (including phenoxy) is 2. The molecule has 2 aromatic rings. The molecule has 3 aliphatic rings. The van der Waals surface area contributed by atoms with Crippen LogP contribution in [0.25, 0.3) is 0 Å². The van der Waals surface area contributed by atoms with Gasteiger partial charge in [-0.05, 0) is 37.1 Å². The molecule has 1 atom stereocenters. The normalized spacial score (nSPS) is 20.0. The van der Waals surface area contributed by atoms with Gasteiger partial charge in [0.1, 0.15) is 11.0 Å². The Kier molecular flexibility index (Phi) is 6.94. The lowest BCUT2D eigenvalue weighted by Gasteiger charge is -2.39. The largest absolute Gasteiger partial charge is 0.455 e. The van der Waals surface area contributed by atoms with Crippen molar-refractivity contribution in [2.24, 2.45) is 0 Å². The number of aryl methyl sites for hydroxylation is 1. The number of aromatic nitrogens is 2. The van der Waals surface area contributed by atoms with E-state index in [1.807, 2.05) is 11.9 Å². The average Bonchev–Trinajstić information content (AvgIpc) is 3.25. The van der Waals surface area contributed by atoms with Gasteiger partial charge in [0.15, 0.2) is 5.82 Å². The molecule has 36 heavy (non-hydrogen) atoms. The van der Waals surface area contributed by atoms with Crippen LogP contribution < -0.4 is 9.80 Å². The SMILES string of the molecule is CN(C)C(=O)c1ccc(C(=O)OC2CN(c3nc4c(c(N(C)C5CCOCC5)n3)S(=O)CC4)C2)cc1. The standard InChI is InChI=1S/C25H31N5O5S/c1-28(2)23(31)16-4-6-17(7-5-16)24(32)35-19-14-30(15-19)25-26-20-10-13-36(33)21(20)22(27-25)29(3)18-8-11-34-12-9-18/h4-7,18-19H,8-15H2,1-3H3. The van der Waals surface area contributed by atoms with Crippen LogP contribution in [0.5, 0.6) is 0 Å². The molecule has 192 valence electrons. The number of anilines is 2. The van der Waals surface area contributed by atoms with Crippen LogP contribution in [-0.4, -0.2) is 96.3 Å². The summed E-state index contributed by atoms with van der Waals surface area (Å²) in [6.45, 7) is 2.41. The molecule has 0 N–H and O–H groups in total. The van der Waals surface area contributed by atoms with Crippen molar-refractivity contribution in [2.75, 3.05) is 63.0 Å². The Labute approximate surface area is 213 Å². The summed E-state index contributed by atoms with van der Waals surface area (Å²) in [7, 11) is 4.28. The summed E-state index contributed by atoms with van der Waals surface area (Å²) in [6, 6.07) is 6.76. The van der Waals surface area contributed by atoms with Gasteiger partial charge in [-0.15, -0.1) is 0 Å². The minimum Gasteiger partial charge on any atom is -0.455 e. The Morgan fingerprint density at radius 2 is 1.72 bits per heavy atom. The minimum absolute atomic E-state index is 0.121. The third-order valence-electron chi connectivity index (χ3n) is 6.91. The second-order valence-electron chi connectivity index (χ2n) is 9.59. The van der Waals surface area contributed by atoms with Crippen LogP contribution in [0.15, 0.2) is 29.2 Å². The lowest BCUT2D eigenvalue weighted by atomic mass is 10.1. The Bertz CT molecular complexity index is 1180. The molecule has 0 saturated carbocycles. The highest BCUT2D eigenvalue weighted by Gasteiger charge is 2.36. The third-order valence-corrected chi connectivity index (χ3v) is 8.36. The molecule has 0 radical (unpaired) electrons. The van der Waals surface area contributed by atoms with E-state index in [-0.39, 0.29) is 18.1 Å². The van der Waals surface area contributed by atoms with Crippen molar-refractivity contribution in [3.8, 4) is 0 Å². The highest BCUT2D eigenvalue weighted by molar-refractivity contribution is 7.85. The fourth-order valence-corrected chi connectivity index (χ4v) is 6.08. The first-order chi connectivity index (χ1) is 17.3. The van der Waals surface area contributed by atoms with E-state index in [2.05, 4.69) is 4.90 Å². The minimum atomic E-state index is -1.09. The summed E-state index contributed by atoms with van der Waals surface area (Å²) in [5.74, 6) is 1.35. The Balaban J connectivity index is 1.25. The van der Waals surface area contributed by atoms with Crippen molar-refractivity contribution < 1.29 is 23.3 Å². The van der Waals surface area contributed by atoms with E-state index in [1.54, 1.807) is 38.4 Å². The maximum absolute atomic E-state index is 12.7. The average molecular weight is 514 g/mol. The van der Waals surface area contributed by atoms with Gasteiger partial charge in [-0.2, -0.15) is 4.98 Å². The molecule has 11 heteroatoms. The van der Waals surface area contributed by atoms with Crippen LogP contribution in [0.3, 0.4) is 0 Å². The predicted octanol–water partition coefficient (Wildman–Crippen LogP) is 1.50. The van der Waals surface area contributed by atoms with E-state index < -0.39 is 16.8 Å². The zero-order valence-electron chi connectivity index (χ0n) is 20.8. The van der Waals surface area contributed by atoms with E-state index in [0.717, 1.165) is 29.2 Å². The first kappa shape index (κ1) is 24.6. The maximum atomic E-state index is 12.7. The van der Waals surface area contributed by atoms with Gasteiger partial charge in [0, 0.05) is 58.1 Å². The zero-order chi connectivity index (χ0) is 25.4. The van der Waals surface area contributed by atoms with Crippen molar-refractivity contribution in [3.63, 3.8) is 0 Å². The van der Waals surface area contributed by atoms with Crippen molar-refractivity contribution in [3.05, 3.63) is 41.1 Å². The number of benzene rings is 1. The van der Waals surface area contributed by atoms with Gasteiger partial charge in [0.05, 0.1) is 35.1 Å². The first-order valence-electron chi connectivity index (χ1n) is 12.2. The monoisotopic (exact) mass is 513 g/mol. The van der Waals surface area contributed by atoms with E-state index >= 15 is 0 Å². The van der Waals surface area contributed by atoms with Crippen LogP contribution in [0, 0.1) is 0 Å². The Hall–Kier alpha value is -3.05. The van der Waals surface area contributed by atoms with Crippen LogP contribution >= 0.6 is 0 Å². The molecule has 0 aliphatic carbocycles. The molecule has 1 aromatic carbocycles.